The Kier molecular flexibility index (Phi) is 9.40. The van der Waals surface area contributed by atoms with E-state index in [0.29, 0.717) is 6.04 Å². The van der Waals surface area contributed by atoms with E-state index in [4.69, 9.17) is 4.74 Å². The molecular weight excluding hydrogens is 348 g/mol. The molecule has 1 aromatic rings. The van der Waals surface area contributed by atoms with Crippen molar-refractivity contribution in [2.45, 2.75) is 25.9 Å². The first kappa shape index (κ1) is 18.8. The molecule has 0 bridgehead atoms. The Balaban J connectivity index is 2.75. The van der Waals surface area contributed by atoms with Gasteiger partial charge < -0.3 is 15.0 Å². The highest BCUT2D eigenvalue weighted by molar-refractivity contribution is 9.10. The fourth-order valence-corrected chi connectivity index (χ4v) is 3.06. The van der Waals surface area contributed by atoms with E-state index in [0.717, 1.165) is 24.2 Å². The molecule has 0 amide bonds. The van der Waals surface area contributed by atoms with Crippen molar-refractivity contribution < 1.29 is 4.74 Å². The number of nitrogens with zero attached hydrogens (tertiary/aromatic N) is 1. The van der Waals surface area contributed by atoms with E-state index in [9.17, 15) is 0 Å². The monoisotopic (exact) mass is 374 g/mol. The molecule has 0 fully saturated rings. The van der Waals surface area contributed by atoms with E-state index in [1.165, 1.54) is 23.4 Å². The van der Waals surface area contributed by atoms with Gasteiger partial charge >= 0.3 is 0 Å². The molecule has 120 valence electrons. The molecule has 0 heterocycles. The standard InChI is InChI=1S/C16H27BrN2OS/c1-13(7-10-21-4)19(2)16-11-15(17)6-5-14(16)12-18-8-9-20-3/h5-6,11,13,18H,7-10,12H2,1-4H3. The number of nitrogens with one attached hydrogen (secondary N) is 1. The van der Waals surface area contributed by atoms with Crippen LogP contribution in [0.25, 0.3) is 0 Å². The average Bonchev–Trinajstić information content (AvgIpc) is 2.49. The molecule has 1 atom stereocenters. The lowest BCUT2D eigenvalue weighted by Crippen LogP contribution is -2.31. The van der Waals surface area contributed by atoms with Gasteiger partial charge in [-0.15, -0.1) is 0 Å². The van der Waals surface area contributed by atoms with Crippen LogP contribution in [0.5, 0.6) is 0 Å². The van der Waals surface area contributed by atoms with E-state index in [1.807, 2.05) is 11.8 Å². The minimum atomic E-state index is 0.532. The summed E-state index contributed by atoms with van der Waals surface area (Å²) in [5, 5.41) is 3.43. The van der Waals surface area contributed by atoms with E-state index in [2.05, 4.69) is 64.6 Å². The molecule has 1 N–H and O–H groups in total. The van der Waals surface area contributed by atoms with Crippen LogP contribution in [-0.4, -0.2) is 45.4 Å². The highest BCUT2D eigenvalue weighted by atomic mass is 79.9. The van der Waals surface area contributed by atoms with Crippen molar-refractivity contribution in [3.8, 4) is 0 Å². The van der Waals surface area contributed by atoms with Crippen LogP contribution in [0.4, 0.5) is 5.69 Å². The zero-order valence-corrected chi connectivity index (χ0v) is 15.9. The van der Waals surface area contributed by atoms with Gasteiger partial charge in [-0.2, -0.15) is 11.8 Å². The second-order valence-corrected chi connectivity index (χ2v) is 7.09. The lowest BCUT2D eigenvalue weighted by atomic mass is 10.1. The number of anilines is 1. The number of hydrogen-bond donors (Lipinski definition) is 1. The van der Waals surface area contributed by atoms with Crippen LogP contribution in [-0.2, 0) is 11.3 Å². The zero-order chi connectivity index (χ0) is 15.7. The van der Waals surface area contributed by atoms with E-state index >= 15 is 0 Å². The van der Waals surface area contributed by atoms with Crippen LogP contribution < -0.4 is 10.2 Å². The highest BCUT2D eigenvalue weighted by Crippen LogP contribution is 2.26. The third-order valence-corrected chi connectivity index (χ3v) is 4.76. The summed E-state index contributed by atoms with van der Waals surface area (Å²) < 4.78 is 6.20. The van der Waals surface area contributed by atoms with Crippen LogP contribution in [0.2, 0.25) is 0 Å². The maximum absolute atomic E-state index is 5.08. The van der Waals surface area contributed by atoms with Crippen molar-refractivity contribution in [1.29, 1.82) is 0 Å². The van der Waals surface area contributed by atoms with Crippen molar-refractivity contribution in [3.63, 3.8) is 0 Å². The maximum Gasteiger partial charge on any atom is 0.0587 e. The van der Waals surface area contributed by atoms with Crippen molar-refractivity contribution in [3.05, 3.63) is 28.2 Å². The molecule has 1 unspecified atom stereocenters. The molecule has 0 aliphatic carbocycles. The Morgan fingerprint density at radius 1 is 1.43 bits per heavy atom. The number of methoxy groups -OCH3 is 1. The second kappa shape index (κ2) is 10.5. The summed E-state index contributed by atoms with van der Waals surface area (Å²) in [5.41, 5.74) is 2.62. The minimum absolute atomic E-state index is 0.532. The number of thioether (sulfide) groups is 1. The number of ether oxygens (including phenoxy) is 1. The lowest BCUT2D eigenvalue weighted by molar-refractivity contribution is 0.199. The largest absolute Gasteiger partial charge is 0.383 e. The van der Waals surface area contributed by atoms with Gasteiger partial charge in [-0.1, -0.05) is 22.0 Å². The first-order valence-electron chi connectivity index (χ1n) is 7.30. The van der Waals surface area contributed by atoms with E-state index < -0.39 is 0 Å². The fourth-order valence-electron chi connectivity index (χ4n) is 2.13. The van der Waals surface area contributed by atoms with Crippen molar-refractivity contribution in [2.75, 3.05) is 44.2 Å². The highest BCUT2D eigenvalue weighted by Gasteiger charge is 2.13. The van der Waals surface area contributed by atoms with Crippen LogP contribution in [0.3, 0.4) is 0 Å². The normalized spacial score (nSPS) is 12.4. The summed E-state index contributed by atoms with van der Waals surface area (Å²) in [6, 6.07) is 7.04. The van der Waals surface area contributed by atoms with Gasteiger partial charge in [0.15, 0.2) is 0 Å². The van der Waals surface area contributed by atoms with Crippen molar-refractivity contribution in [1.82, 2.24) is 5.32 Å². The van der Waals surface area contributed by atoms with Gasteiger partial charge in [-0.25, -0.2) is 0 Å². The van der Waals surface area contributed by atoms with Gasteiger partial charge in [0.1, 0.15) is 0 Å². The van der Waals surface area contributed by atoms with Gasteiger partial charge in [0.2, 0.25) is 0 Å². The number of hydrogen-bond acceptors (Lipinski definition) is 4. The lowest BCUT2D eigenvalue weighted by Gasteiger charge is -2.29. The van der Waals surface area contributed by atoms with Crippen molar-refractivity contribution >= 4 is 33.4 Å². The third-order valence-electron chi connectivity index (χ3n) is 3.63. The molecule has 0 saturated carbocycles. The Morgan fingerprint density at radius 2 is 2.19 bits per heavy atom. The van der Waals surface area contributed by atoms with Crippen LogP contribution >= 0.6 is 27.7 Å². The summed E-state index contributed by atoms with van der Waals surface area (Å²) in [6.07, 6.45) is 3.36. The summed E-state index contributed by atoms with van der Waals surface area (Å²) in [5.74, 6) is 1.20. The molecule has 3 nitrogen and oxygen atoms in total. The van der Waals surface area contributed by atoms with Gasteiger partial charge in [0.25, 0.3) is 0 Å². The average molecular weight is 375 g/mol. The van der Waals surface area contributed by atoms with Crippen LogP contribution in [0.1, 0.15) is 18.9 Å². The summed E-state index contributed by atoms with van der Waals surface area (Å²) in [7, 11) is 3.92. The number of benzene rings is 1. The Labute approximate surface area is 141 Å². The Bertz CT molecular complexity index is 417. The Morgan fingerprint density at radius 3 is 2.86 bits per heavy atom. The third kappa shape index (κ3) is 6.59. The van der Waals surface area contributed by atoms with Gasteiger partial charge in [0.05, 0.1) is 6.61 Å². The maximum atomic E-state index is 5.08. The molecule has 0 saturated heterocycles. The SMILES string of the molecule is COCCNCc1ccc(Br)cc1N(C)C(C)CCSC. The first-order chi connectivity index (χ1) is 10.1. The summed E-state index contributed by atoms with van der Waals surface area (Å²) in [4.78, 5) is 2.38. The molecule has 0 aliphatic rings. The number of halogens is 1. The molecular formula is C16H27BrN2OS. The first-order valence-corrected chi connectivity index (χ1v) is 9.48. The van der Waals surface area contributed by atoms with Crippen LogP contribution in [0.15, 0.2) is 22.7 Å². The molecule has 0 aliphatic heterocycles. The molecule has 0 aromatic heterocycles. The fraction of sp³-hybridized carbons (Fsp3) is 0.625. The van der Waals surface area contributed by atoms with Gasteiger partial charge in [-0.3, -0.25) is 0 Å². The molecule has 0 spiro atoms. The number of rotatable bonds is 10. The van der Waals surface area contributed by atoms with Gasteiger partial charge in [-0.05, 0) is 43.0 Å². The molecule has 1 rings (SSSR count). The molecule has 0 radical (unpaired) electrons. The predicted octanol–water partition coefficient (Wildman–Crippen LogP) is 3.76. The quantitative estimate of drug-likeness (QED) is 0.630. The summed E-state index contributed by atoms with van der Waals surface area (Å²) >= 11 is 5.50. The van der Waals surface area contributed by atoms with E-state index in [1.54, 1.807) is 7.11 Å². The van der Waals surface area contributed by atoms with Crippen molar-refractivity contribution in [2.24, 2.45) is 0 Å². The van der Waals surface area contributed by atoms with Gasteiger partial charge in [0, 0.05) is 43.4 Å². The summed E-state index contributed by atoms with van der Waals surface area (Å²) in [6.45, 7) is 4.77. The molecule has 5 heteroatoms. The topological polar surface area (TPSA) is 24.5 Å². The zero-order valence-electron chi connectivity index (χ0n) is 13.5. The smallest absolute Gasteiger partial charge is 0.0587 e. The molecule has 1 aromatic carbocycles. The van der Waals surface area contributed by atoms with E-state index in [-0.39, 0.29) is 0 Å². The van der Waals surface area contributed by atoms with Crippen LogP contribution in [0, 0.1) is 0 Å². The predicted molar refractivity (Wildman–Crippen MR) is 98.6 cm³/mol. The Hall–Kier alpha value is -0.230. The minimum Gasteiger partial charge on any atom is -0.383 e. The second-order valence-electron chi connectivity index (χ2n) is 5.18. The molecule has 21 heavy (non-hydrogen) atoms.